The van der Waals surface area contributed by atoms with Crippen LogP contribution in [0.3, 0.4) is 0 Å². The Morgan fingerprint density at radius 3 is 0.386 bits per heavy atom. The van der Waals surface area contributed by atoms with Gasteiger partial charge in [-0.15, -0.1) is 0 Å². The molecule has 0 atom stereocenters. The number of alkyl halides is 1. The van der Waals surface area contributed by atoms with E-state index in [1.807, 2.05) is 0 Å². The van der Waals surface area contributed by atoms with E-state index >= 15 is 0 Å². The summed E-state index contributed by atoms with van der Waals surface area (Å²) in [4.78, 5) is 0. The first-order valence-electron chi connectivity index (χ1n) is 27.6. The van der Waals surface area contributed by atoms with Crippen LogP contribution in [0.1, 0.15) is 347 Å². The predicted molar refractivity (Wildman–Crippen MR) is 269 cm³/mol. The number of hydrogen-bond donors (Lipinski definition) is 0. The van der Waals surface area contributed by atoms with Crippen LogP contribution in [0.25, 0.3) is 0 Å². The molecule has 0 spiro atoms. The summed E-state index contributed by atoms with van der Waals surface area (Å²) in [5.74, 6) is 0. The Kier molecular flexibility index (Phi) is 58.9. The fourth-order valence-electron chi connectivity index (χ4n) is 9.23. The standard InChI is InChI=1S/C55H111I2/c1-2-3-4-5-6-7-8-9-10-11-12-13-14-15-16-17-18-19-20-21-22-23-24-25-26-27-28-29-30-31-32-33-34-35-36-37-38-39-40-41-42-43-44-45-46-47-48-49-50-51-52-53-54-55-57-56/h2-55H2,1H3/q-1. The Morgan fingerprint density at radius 1 is 0.175 bits per heavy atom. The monoisotopic (exact) mass is 1030 g/mol. The minimum absolute atomic E-state index is 0.519. The van der Waals surface area contributed by atoms with E-state index in [0.29, 0.717) is 17.2 Å². The molecule has 0 aromatic heterocycles. The van der Waals surface area contributed by atoms with E-state index < -0.39 is 0 Å². The van der Waals surface area contributed by atoms with Gasteiger partial charge in [-0.2, -0.15) is 0 Å². The molecule has 0 N–H and O–H groups in total. The van der Waals surface area contributed by atoms with Crippen molar-refractivity contribution in [3.05, 3.63) is 0 Å². The summed E-state index contributed by atoms with van der Waals surface area (Å²) in [6.07, 6.45) is 79.2. The molecule has 0 aliphatic rings. The molecule has 0 heterocycles. The fourth-order valence-corrected chi connectivity index (χ4v) is 12.0. The Bertz CT molecular complexity index is 594. The van der Waals surface area contributed by atoms with E-state index in [2.05, 4.69) is 25.5 Å². The average Bonchev–Trinajstić information content (AvgIpc) is 3.22. The molecule has 0 aliphatic carbocycles. The third-order valence-electron chi connectivity index (χ3n) is 13.3. The van der Waals surface area contributed by atoms with Crippen LogP contribution in [0, 0.1) is 0 Å². The zero-order chi connectivity index (χ0) is 40.9. The van der Waals surface area contributed by atoms with Crippen LogP contribution in [0.2, 0.25) is 0 Å². The average molecular weight is 1030 g/mol. The molecule has 0 aromatic carbocycles. The Morgan fingerprint density at radius 2 is 0.281 bits per heavy atom. The predicted octanol–water partition coefficient (Wildman–Crippen LogP) is 19.1. The zero-order valence-corrected chi connectivity index (χ0v) is 44.3. The van der Waals surface area contributed by atoms with Gasteiger partial charge in [-0.3, -0.25) is 0 Å². The van der Waals surface area contributed by atoms with Gasteiger partial charge in [0, 0.05) is 0 Å². The van der Waals surface area contributed by atoms with E-state index in [1.54, 1.807) is 4.43 Å². The molecule has 346 valence electrons. The molecule has 0 saturated heterocycles. The van der Waals surface area contributed by atoms with Crippen molar-refractivity contribution < 1.29 is 17.2 Å². The molecule has 0 rings (SSSR count). The molecule has 0 nitrogen and oxygen atoms in total. The van der Waals surface area contributed by atoms with Crippen LogP contribution in [0.4, 0.5) is 0 Å². The normalized spacial score (nSPS) is 11.8. The molecule has 0 unspecified atom stereocenters. The van der Waals surface area contributed by atoms with Crippen molar-refractivity contribution in [3.63, 3.8) is 0 Å². The van der Waals surface area contributed by atoms with E-state index in [4.69, 9.17) is 0 Å². The molecule has 0 amide bonds. The van der Waals surface area contributed by atoms with Gasteiger partial charge in [-0.05, 0) is 0 Å². The first-order valence-corrected chi connectivity index (χ1v) is 35.4. The molecule has 0 bridgehead atoms. The second kappa shape index (κ2) is 57.5. The summed E-state index contributed by atoms with van der Waals surface area (Å²) in [5.41, 5.74) is 0. The summed E-state index contributed by atoms with van der Waals surface area (Å²) < 4.78 is 1.54. The van der Waals surface area contributed by atoms with Gasteiger partial charge in [0.25, 0.3) is 0 Å². The maximum atomic E-state index is 2.62. The van der Waals surface area contributed by atoms with Gasteiger partial charge in [0.15, 0.2) is 0 Å². The van der Waals surface area contributed by atoms with E-state index in [-0.39, 0.29) is 0 Å². The van der Waals surface area contributed by atoms with Gasteiger partial charge in [0.1, 0.15) is 0 Å². The van der Waals surface area contributed by atoms with Crippen LogP contribution >= 0.6 is 18.6 Å². The second-order valence-electron chi connectivity index (χ2n) is 19.2. The van der Waals surface area contributed by atoms with Gasteiger partial charge in [-0.25, -0.2) is 0 Å². The van der Waals surface area contributed by atoms with E-state index in [0.717, 1.165) is 0 Å². The van der Waals surface area contributed by atoms with Crippen LogP contribution in [0.15, 0.2) is 0 Å². The molecule has 0 fully saturated rings. The molecule has 0 radical (unpaired) electrons. The number of hydrogen-bond acceptors (Lipinski definition) is 0. The van der Waals surface area contributed by atoms with Gasteiger partial charge in [0.05, 0.1) is 0 Å². The number of unbranched alkanes of at least 4 members (excludes halogenated alkanes) is 52. The summed E-state index contributed by atoms with van der Waals surface area (Å²) >= 11 is 3.14. The maximum absolute atomic E-state index is 2.62. The SMILES string of the molecule is CCCCCCCCCCCCCCCCCCCCCCCCCCCCCCCCCCCCCCCCCCCCCCCCCCCCCCC[I-]I. The Hall–Kier alpha value is 1.46. The van der Waals surface area contributed by atoms with Crippen LogP contribution in [-0.2, 0) is 0 Å². The van der Waals surface area contributed by atoms with Crippen LogP contribution in [-0.4, -0.2) is 4.43 Å². The van der Waals surface area contributed by atoms with Crippen molar-refractivity contribution in [2.24, 2.45) is 0 Å². The molecule has 0 saturated carbocycles. The molecule has 0 aromatic rings. The fraction of sp³-hybridized carbons (Fsp3) is 1.00. The van der Waals surface area contributed by atoms with Gasteiger partial charge in [0.2, 0.25) is 0 Å². The summed E-state index contributed by atoms with van der Waals surface area (Å²) in [6, 6.07) is 0. The Labute approximate surface area is 384 Å². The van der Waals surface area contributed by atoms with Gasteiger partial charge < -0.3 is 0 Å². The molecular formula is C55H111I2-. The topological polar surface area (TPSA) is 0 Å². The zero-order valence-electron chi connectivity index (χ0n) is 39.9. The first kappa shape index (κ1) is 58.5. The summed E-state index contributed by atoms with van der Waals surface area (Å²) in [5, 5.41) is 0. The minimum atomic E-state index is 0.519. The van der Waals surface area contributed by atoms with E-state index in [9.17, 15) is 0 Å². The summed E-state index contributed by atoms with van der Waals surface area (Å²) in [6.45, 7) is 2.31. The quantitative estimate of drug-likeness (QED) is 0.0324. The van der Waals surface area contributed by atoms with Crippen LogP contribution < -0.4 is 17.2 Å². The van der Waals surface area contributed by atoms with Crippen molar-refractivity contribution in [1.82, 2.24) is 0 Å². The molecule has 2 heteroatoms. The van der Waals surface area contributed by atoms with Gasteiger partial charge in [-0.1, -0.05) is 277 Å². The first-order chi connectivity index (χ1) is 28.4. The van der Waals surface area contributed by atoms with Crippen molar-refractivity contribution in [3.8, 4) is 0 Å². The van der Waals surface area contributed by atoms with Crippen LogP contribution in [0.5, 0.6) is 0 Å². The third kappa shape index (κ3) is 57.5. The molecular weight excluding hydrogens is 914 g/mol. The van der Waals surface area contributed by atoms with E-state index in [1.165, 1.54) is 340 Å². The number of rotatable bonds is 54. The van der Waals surface area contributed by atoms with Gasteiger partial charge >= 0.3 is 111 Å². The number of halogens is 2. The Balaban J connectivity index is 3.05. The third-order valence-corrected chi connectivity index (χ3v) is 17.2. The van der Waals surface area contributed by atoms with Crippen molar-refractivity contribution in [2.45, 2.75) is 347 Å². The van der Waals surface area contributed by atoms with Crippen molar-refractivity contribution >= 4 is 18.6 Å². The molecule has 0 aliphatic heterocycles. The van der Waals surface area contributed by atoms with Crippen molar-refractivity contribution in [2.75, 3.05) is 4.43 Å². The second-order valence-corrected chi connectivity index (χ2v) is 24.7. The van der Waals surface area contributed by atoms with Crippen molar-refractivity contribution in [1.29, 1.82) is 0 Å². The molecule has 57 heavy (non-hydrogen) atoms. The summed E-state index contributed by atoms with van der Waals surface area (Å²) in [7, 11) is 0.